The number of rotatable bonds is 4. The molecular weight excluding hydrogens is 228 g/mol. The van der Waals surface area contributed by atoms with E-state index >= 15 is 0 Å². The molecule has 2 rings (SSSR count). The van der Waals surface area contributed by atoms with Crippen molar-refractivity contribution in [1.29, 1.82) is 0 Å². The lowest BCUT2D eigenvalue weighted by atomic mass is 10.0. The second-order valence-electron chi connectivity index (χ2n) is 4.81. The molecule has 0 aromatic carbocycles. The Hall–Kier alpha value is -1.45. The fraction of sp³-hybridized carbons (Fsp3) is 0.643. The number of ether oxygens (including phenoxy) is 1. The molecule has 0 bridgehead atoms. The van der Waals surface area contributed by atoms with Crippen molar-refractivity contribution in [2.24, 2.45) is 0 Å². The largest absolute Gasteiger partial charge is 0.468 e. The van der Waals surface area contributed by atoms with Crippen LogP contribution >= 0.6 is 0 Å². The molecule has 1 atom stereocenters. The van der Waals surface area contributed by atoms with E-state index in [4.69, 9.17) is 4.74 Å². The van der Waals surface area contributed by atoms with E-state index < -0.39 is 0 Å². The first-order valence-corrected chi connectivity index (χ1v) is 6.67. The maximum atomic E-state index is 11.7. The van der Waals surface area contributed by atoms with Gasteiger partial charge in [0, 0.05) is 17.8 Å². The maximum absolute atomic E-state index is 11.7. The van der Waals surface area contributed by atoms with Crippen LogP contribution in [0, 0.1) is 0 Å². The van der Waals surface area contributed by atoms with E-state index in [1.807, 2.05) is 13.0 Å². The first-order valence-electron chi connectivity index (χ1n) is 6.67. The molecule has 4 heteroatoms. The normalized spacial score (nSPS) is 17.7. The van der Waals surface area contributed by atoms with Gasteiger partial charge in [-0.3, -0.25) is 4.79 Å². The quantitative estimate of drug-likeness (QED) is 0.769. The number of nitrogens with zero attached hydrogens (tertiary/aromatic N) is 2. The summed E-state index contributed by atoms with van der Waals surface area (Å²) in [5.74, 6) is 0.563. The predicted octanol–water partition coefficient (Wildman–Crippen LogP) is 2.80. The van der Waals surface area contributed by atoms with Crippen LogP contribution < -0.4 is 0 Å². The molecule has 0 amide bonds. The molecule has 1 saturated carbocycles. The highest BCUT2D eigenvalue weighted by atomic mass is 16.5. The summed E-state index contributed by atoms with van der Waals surface area (Å²) in [6.45, 7) is 1.95. The number of hydrogen-bond acceptors (Lipinski definition) is 4. The smallest absolute Gasteiger partial charge is 0.316 e. The summed E-state index contributed by atoms with van der Waals surface area (Å²) in [4.78, 5) is 20.5. The van der Waals surface area contributed by atoms with Crippen LogP contribution in [0.3, 0.4) is 0 Å². The summed E-state index contributed by atoms with van der Waals surface area (Å²) in [6, 6.07) is 1.98. The molecule has 0 radical (unpaired) electrons. The van der Waals surface area contributed by atoms with Gasteiger partial charge in [0.25, 0.3) is 0 Å². The van der Waals surface area contributed by atoms with Crippen LogP contribution in [0.25, 0.3) is 0 Å². The minimum absolute atomic E-state index is 0.249. The molecule has 18 heavy (non-hydrogen) atoms. The zero-order valence-corrected chi connectivity index (χ0v) is 11.1. The lowest BCUT2D eigenvalue weighted by molar-refractivity contribution is -0.142. The van der Waals surface area contributed by atoms with E-state index in [0.29, 0.717) is 18.2 Å². The van der Waals surface area contributed by atoms with Gasteiger partial charge in [-0.1, -0.05) is 19.8 Å². The maximum Gasteiger partial charge on any atom is 0.316 e. The topological polar surface area (TPSA) is 52.1 Å². The summed E-state index contributed by atoms with van der Waals surface area (Å²) in [7, 11) is 1.41. The van der Waals surface area contributed by atoms with Crippen molar-refractivity contribution in [3.05, 3.63) is 23.8 Å². The van der Waals surface area contributed by atoms with Gasteiger partial charge >= 0.3 is 5.97 Å². The Bertz CT molecular complexity index is 414. The molecule has 1 fully saturated rings. The Labute approximate surface area is 108 Å². The lowest BCUT2D eigenvalue weighted by Gasteiger charge is -2.14. The fourth-order valence-electron chi connectivity index (χ4n) is 2.60. The van der Waals surface area contributed by atoms with E-state index in [-0.39, 0.29) is 11.9 Å². The summed E-state index contributed by atoms with van der Waals surface area (Å²) >= 11 is 0. The Balaban J connectivity index is 2.22. The molecule has 98 valence electrons. The average molecular weight is 248 g/mol. The van der Waals surface area contributed by atoms with Gasteiger partial charge in [-0.15, -0.1) is 0 Å². The molecule has 1 unspecified atom stereocenters. The fourth-order valence-corrected chi connectivity index (χ4v) is 2.60. The summed E-state index contributed by atoms with van der Waals surface area (Å²) < 4.78 is 4.80. The third-order valence-corrected chi connectivity index (χ3v) is 3.67. The zero-order chi connectivity index (χ0) is 13.0. The summed E-state index contributed by atoms with van der Waals surface area (Å²) in [6.07, 6.45) is 7.38. The highest BCUT2D eigenvalue weighted by molar-refractivity contribution is 5.76. The first kappa shape index (κ1) is 13.0. The molecular formula is C14H20N2O2. The highest BCUT2D eigenvalue weighted by Crippen LogP contribution is 2.33. The standard InChI is InChI=1S/C14H20N2O2/c1-3-11(14(17)18-2)13-15-9-8-12(16-13)10-6-4-5-7-10/h8-11H,3-7H2,1-2H3. The second kappa shape index (κ2) is 5.94. The average Bonchev–Trinajstić information content (AvgIpc) is 2.93. The monoisotopic (exact) mass is 248 g/mol. The van der Waals surface area contributed by atoms with Crippen molar-refractivity contribution in [3.63, 3.8) is 0 Å². The van der Waals surface area contributed by atoms with Crippen LogP contribution in [-0.2, 0) is 9.53 Å². The van der Waals surface area contributed by atoms with Crippen molar-refractivity contribution in [2.45, 2.75) is 50.9 Å². The summed E-state index contributed by atoms with van der Waals surface area (Å²) in [5.41, 5.74) is 1.08. The lowest BCUT2D eigenvalue weighted by Crippen LogP contribution is -2.17. The van der Waals surface area contributed by atoms with Crippen LogP contribution in [0.4, 0.5) is 0 Å². The Morgan fingerprint density at radius 2 is 2.22 bits per heavy atom. The molecule has 1 aliphatic rings. The number of carbonyl (C=O) groups is 1. The predicted molar refractivity (Wildman–Crippen MR) is 68.3 cm³/mol. The van der Waals surface area contributed by atoms with Gasteiger partial charge in [0.15, 0.2) is 0 Å². The Morgan fingerprint density at radius 1 is 1.50 bits per heavy atom. The van der Waals surface area contributed by atoms with Crippen LogP contribution in [-0.4, -0.2) is 23.0 Å². The van der Waals surface area contributed by atoms with E-state index in [1.165, 1.54) is 32.8 Å². The van der Waals surface area contributed by atoms with Crippen molar-refractivity contribution < 1.29 is 9.53 Å². The van der Waals surface area contributed by atoms with Gasteiger partial charge in [0.05, 0.1) is 7.11 Å². The minimum atomic E-state index is -0.337. The molecule has 1 aromatic rings. The third kappa shape index (κ3) is 2.68. The van der Waals surface area contributed by atoms with Gasteiger partial charge in [-0.2, -0.15) is 0 Å². The minimum Gasteiger partial charge on any atom is -0.468 e. The first-order chi connectivity index (χ1) is 8.76. The van der Waals surface area contributed by atoms with Crippen LogP contribution in [0.15, 0.2) is 12.3 Å². The van der Waals surface area contributed by atoms with Crippen LogP contribution in [0.2, 0.25) is 0 Å². The van der Waals surface area contributed by atoms with Gasteiger partial charge < -0.3 is 4.74 Å². The van der Waals surface area contributed by atoms with E-state index in [9.17, 15) is 4.79 Å². The molecule has 0 N–H and O–H groups in total. The van der Waals surface area contributed by atoms with Gasteiger partial charge in [-0.25, -0.2) is 9.97 Å². The van der Waals surface area contributed by atoms with E-state index in [2.05, 4.69) is 9.97 Å². The number of carbonyl (C=O) groups excluding carboxylic acids is 1. The molecule has 4 nitrogen and oxygen atoms in total. The number of methoxy groups -OCH3 is 1. The Kier molecular flexibility index (Phi) is 4.28. The second-order valence-corrected chi connectivity index (χ2v) is 4.81. The SMILES string of the molecule is CCC(C(=O)OC)c1nccc(C2CCCC2)n1. The van der Waals surface area contributed by atoms with Crippen LogP contribution in [0.5, 0.6) is 0 Å². The molecule has 1 aliphatic carbocycles. The molecule has 0 spiro atoms. The van der Waals surface area contributed by atoms with Gasteiger partial charge in [0.2, 0.25) is 0 Å². The number of hydrogen-bond donors (Lipinski definition) is 0. The number of aromatic nitrogens is 2. The van der Waals surface area contributed by atoms with Crippen molar-refractivity contribution >= 4 is 5.97 Å². The van der Waals surface area contributed by atoms with Crippen LogP contribution in [0.1, 0.15) is 62.4 Å². The van der Waals surface area contributed by atoms with Gasteiger partial charge in [-0.05, 0) is 25.3 Å². The van der Waals surface area contributed by atoms with Crippen molar-refractivity contribution in [3.8, 4) is 0 Å². The summed E-state index contributed by atoms with van der Waals surface area (Å²) in [5, 5.41) is 0. The van der Waals surface area contributed by atoms with E-state index in [0.717, 1.165) is 5.69 Å². The highest BCUT2D eigenvalue weighted by Gasteiger charge is 2.24. The van der Waals surface area contributed by atoms with E-state index in [1.54, 1.807) is 6.20 Å². The van der Waals surface area contributed by atoms with Crippen molar-refractivity contribution in [1.82, 2.24) is 9.97 Å². The Morgan fingerprint density at radius 3 is 2.83 bits per heavy atom. The molecule has 0 saturated heterocycles. The van der Waals surface area contributed by atoms with Crippen molar-refractivity contribution in [2.75, 3.05) is 7.11 Å². The third-order valence-electron chi connectivity index (χ3n) is 3.67. The molecule has 1 aromatic heterocycles. The number of esters is 1. The molecule has 1 heterocycles. The zero-order valence-electron chi connectivity index (χ0n) is 11.1. The molecule has 0 aliphatic heterocycles. The van der Waals surface area contributed by atoms with Gasteiger partial charge in [0.1, 0.15) is 11.7 Å².